The van der Waals surface area contributed by atoms with E-state index in [1.807, 2.05) is 4.90 Å². The van der Waals surface area contributed by atoms with E-state index < -0.39 is 6.10 Å². The second-order valence-corrected chi connectivity index (χ2v) is 5.04. The van der Waals surface area contributed by atoms with Gasteiger partial charge in [0.25, 0.3) is 0 Å². The van der Waals surface area contributed by atoms with Crippen LogP contribution in [0.15, 0.2) is 0 Å². The van der Waals surface area contributed by atoms with Crippen molar-refractivity contribution < 1.29 is 9.90 Å². The fourth-order valence-corrected chi connectivity index (χ4v) is 2.98. The van der Waals surface area contributed by atoms with E-state index in [0.717, 1.165) is 0 Å². The van der Waals surface area contributed by atoms with Gasteiger partial charge in [-0.05, 0) is 25.7 Å². The van der Waals surface area contributed by atoms with Crippen LogP contribution in [-0.4, -0.2) is 34.6 Å². The van der Waals surface area contributed by atoms with Crippen LogP contribution < -0.4 is 0 Å². The van der Waals surface area contributed by atoms with Gasteiger partial charge in [0, 0.05) is 12.6 Å². The second-order valence-electron chi connectivity index (χ2n) is 5.04. The molecule has 1 N–H and O–H groups in total. The number of carbonyl (C=O) groups excluding carboxylic acids is 1. The summed E-state index contributed by atoms with van der Waals surface area (Å²) in [6, 6.07) is 0.329. The molecule has 2 atom stereocenters. The monoisotopic (exact) mass is 211 g/mol. The third-order valence-electron chi connectivity index (χ3n) is 3.96. The van der Waals surface area contributed by atoms with Gasteiger partial charge in [0.15, 0.2) is 0 Å². The summed E-state index contributed by atoms with van der Waals surface area (Å²) in [4.78, 5) is 13.5. The van der Waals surface area contributed by atoms with Gasteiger partial charge < -0.3 is 10.0 Å². The van der Waals surface area contributed by atoms with E-state index in [0.29, 0.717) is 24.9 Å². The fraction of sp³-hybridized carbons (Fsp3) is 0.917. The summed E-state index contributed by atoms with van der Waals surface area (Å²) < 4.78 is 0. The summed E-state index contributed by atoms with van der Waals surface area (Å²) >= 11 is 0. The highest BCUT2D eigenvalue weighted by atomic mass is 16.3. The largest absolute Gasteiger partial charge is 0.391 e. The quantitative estimate of drug-likeness (QED) is 0.753. The topological polar surface area (TPSA) is 40.5 Å². The average Bonchev–Trinajstić information content (AvgIpc) is 2.58. The minimum absolute atomic E-state index is 0.139. The molecule has 1 saturated heterocycles. The molecule has 1 saturated carbocycles. The molecule has 2 rings (SSSR count). The number of aliphatic hydroxyl groups excluding tert-OH is 1. The zero-order valence-electron chi connectivity index (χ0n) is 9.48. The van der Waals surface area contributed by atoms with Gasteiger partial charge in [-0.3, -0.25) is 4.79 Å². The number of likely N-dealkylation sites (tertiary alicyclic amines) is 1. The van der Waals surface area contributed by atoms with Crippen LogP contribution in [0, 0.1) is 5.92 Å². The first kappa shape index (κ1) is 10.9. The maximum Gasteiger partial charge on any atom is 0.225 e. The molecule has 0 aromatic carbocycles. The SMILES string of the molecule is C[C@@H](C1CCCCC1)N1CC(O)CC1=O. The van der Waals surface area contributed by atoms with E-state index in [9.17, 15) is 9.90 Å². The number of aliphatic hydroxyl groups is 1. The van der Waals surface area contributed by atoms with Gasteiger partial charge in [0.2, 0.25) is 5.91 Å². The highest BCUT2D eigenvalue weighted by Crippen LogP contribution is 2.30. The first-order valence-electron chi connectivity index (χ1n) is 6.16. The minimum atomic E-state index is -0.427. The summed E-state index contributed by atoms with van der Waals surface area (Å²) in [6.45, 7) is 2.70. The number of hydrogen-bond donors (Lipinski definition) is 1. The molecule has 1 heterocycles. The molecule has 86 valence electrons. The Hall–Kier alpha value is -0.570. The zero-order valence-corrected chi connectivity index (χ0v) is 9.48. The molecular weight excluding hydrogens is 190 g/mol. The minimum Gasteiger partial charge on any atom is -0.391 e. The molecule has 0 radical (unpaired) electrons. The van der Waals surface area contributed by atoms with Gasteiger partial charge >= 0.3 is 0 Å². The average molecular weight is 211 g/mol. The number of β-amino-alcohol motifs (C(OH)–C–C–N with tert-alkyl or cyclic N) is 1. The Labute approximate surface area is 91.5 Å². The van der Waals surface area contributed by atoms with Crippen LogP contribution in [0.4, 0.5) is 0 Å². The number of amides is 1. The van der Waals surface area contributed by atoms with Crippen LogP contribution >= 0.6 is 0 Å². The van der Waals surface area contributed by atoms with Gasteiger partial charge in [-0.1, -0.05) is 19.3 Å². The molecule has 0 aromatic rings. The Kier molecular flexibility index (Phi) is 3.29. The molecule has 2 fully saturated rings. The van der Waals surface area contributed by atoms with Gasteiger partial charge in [0.05, 0.1) is 12.5 Å². The van der Waals surface area contributed by atoms with E-state index >= 15 is 0 Å². The summed E-state index contributed by atoms with van der Waals surface area (Å²) in [5.74, 6) is 0.800. The molecule has 15 heavy (non-hydrogen) atoms. The van der Waals surface area contributed by atoms with Crippen molar-refractivity contribution >= 4 is 5.91 Å². The molecule has 2 aliphatic rings. The Balaban J connectivity index is 1.94. The van der Waals surface area contributed by atoms with E-state index in [2.05, 4.69) is 6.92 Å². The van der Waals surface area contributed by atoms with Crippen molar-refractivity contribution in [2.75, 3.05) is 6.54 Å². The first-order valence-corrected chi connectivity index (χ1v) is 6.16. The molecule has 1 aliphatic heterocycles. The fourth-order valence-electron chi connectivity index (χ4n) is 2.98. The van der Waals surface area contributed by atoms with E-state index in [1.165, 1.54) is 32.1 Å². The number of hydrogen-bond acceptors (Lipinski definition) is 2. The molecule has 0 aromatic heterocycles. The van der Waals surface area contributed by atoms with Crippen molar-refractivity contribution in [1.82, 2.24) is 4.90 Å². The third-order valence-corrected chi connectivity index (χ3v) is 3.96. The van der Waals surface area contributed by atoms with Gasteiger partial charge in [-0.25, -0.2) is 0 Å². The second kappa shape index (κ2) is 4.52. The van der Waals surface area contributed by atoms with Gasteiger partial charge in [-0.15, -0.1) is 0 Å². The van der Waals surface area contributed by atoms with Gasteiger partial charge in [-0.2, -0.15) is 0 Å². The zero-order chi connectivity index (χ0) is 10.8. The molecule has 1 amide bonds. The van der Waals surface area contributed by atoms with Crippen molar-refractivity contribution in [2.24, 2.45) is 5.92 Å². The maximum atomic E-state index is 11.6. The molecule has 1 aliphatic carbocycles. The lowest BCUT2D eigenvalue weighted by Crippen LogP contribution is -2.40. The Morgan fingerprint density at radius 1 is 1.33 bits per heavy atom. The third kappa shape index (κ3) is 2.33. The van der Waals surface area contributed by atoms with E-state index in [1.54, 1.807) is 0 Å². The predicted molar refractivity (Wildman–Crippen MR) is 58.4 cm³/mol. The van der Waals surface area contributed by atoms with Crippen molar-refractivity contribution in [3.63, 3.8) is 0 Å². The van der Waals surface area contributed by atoms with Gasteiger partial charge in [0.1, 0.15) is 0 Å². The lowest BCUT2D eigenvalue weighted by molar-refractivity contribution is -0.130. The summed E-state index contributed by atoms with van der Waals surface area (Å²) in [5, 5.41) is 9.45. The Morgan fingerprint density at radius 3 is 2.53 bits per heavy atom. The Morgan fingerprint density at radius 2 is 2.00 bits per heavy atom. The number of rotatable bonds is 2. The van der Waals surface area contributed by atoms with Crippen LogP contribution in [0.2, 0.25) is 0 Å². The predicted octanol–water partition coefficient (Wildman–Crippen LogP) is 1.55. The van der Waals surface area contributed by atoms with E-state index in [-0.39, 0.29) is 5.91 Å². The Bertz CT molecular complexity index is 236. The summed E-state index contributed by atoms with van der Waals surface area (Å²) in [7, 11) is 0. The standard InChI is InChI=1S/C12H21NO2/c1-9(10-5-3-2-4-6-10)13-8-11(14)7-12(13)15/h9-11,14H,2-8H2,1H3/t9-,11?/m0/s1. The highest BCUT2D eigenvalue weighted by molar-refractivity contribution is 5.79. The molecule has 0 bridgehead atoms. The van der Waals surface area contributed by atoms with Crippen molar-refractivity contribution in [2.45, 2.75) is 57.6 Å². The number of nitrogens with zero attached hydrogens (tertiary/aromatic N) is 1. The molecule has 3 heteroatoms. The molecule has 1 unspecified atom stereocenters. The van der Waals surface area contributed by atoms with Crippen LogP contribution in [0.3, 0.4) is 0 Å². The highest BCUT2D eigenvalue weighted by Gasteiger charge is 2.34. The van der Waals surface area contributed by atoms with Crippen LogP contribution in [0.5, 0.6) is 0 Å². The smallest absolute Gasteiger partial charge is 0.225 e. The molecule has 3 nitrogen and oxygen atoms in total. The van der Waals surface area contributed by atoms with Crippen molar-refractivity contribution in [3.05, 3.63) is 0 Å². The van der Waals surface area contributed by atoms with Crippen LogP contribution in [0.25, 0.3) is 0 Å². The lowest BCUT2D eigenvalue weighted by Gasteiger charge is -2.34. The summed E-state index contributed by atoms with van der Waals surface area (Å²) in [6.07, 6.45) is 6.36. The summed E-state index contributed by atoms with van der Waals surface area (Å²) in [5.41, 5.74) is 0. The maximum absolute atomic E-state index is 11.6. The van der Waals surface area contributed by atoms with E-state index in [4.69, 9.17) is 0 Å². The van der Waals surface area contributed by atoms with Crippen LogP contribution in [0.1, 0.15) is 45.4 Å². The van der Waals surface area contributed by atoms with Crippen LogP contribution in [-0.2, 0) is 4.79 Å². The van der Waals surface area contributed by atoms with Crippen molar-refractivity contribution in [1.29, 1.82) is 0 Å². The lowest BCUT2D eigenvalue weighted by atomic mass is 9.84. The number of carbonyl (C=O) groups is 1. The van der Waals surface area contributed by atoms with Crippen molar-refractivity contribution in [3.8, 4) is 0 Å². The first-order chi connectivity index (χ1) is 7.18. The normalized spacial score (nSPS) is 30.9. The molecule has 0 spiro atoms. The molecular formula is C12H21NO2.